The van der Waals surface area contributed by atoms with Gasteiger partial charge < -0.3 is 5.32 Å². The second-order valence-corrected chi connectivity index (χ2v) is 5.53. The smallest absolute Gasteiger partial charge is 0.164 e. The summed E-state index contributed by atoms with van der Waals surface area (Å²) >= 11 is 1.79. The zero-order valence-corrected chi connectivity index (χ0v) is 9.53. The van der Waals surface area contributed by atoms with Gasteiger partial charge in [0.1, 0.15) is 0 Å². The Morgan fingerprint density at radius 1 is 1.27 bits per heavy atom. The van der Waals surface area contributed by atoms with Gasteiger partial charge in [0.2, 0.25) is 0 Å². The molecule has 15 heavy (non-hydrogen) atoms. The third-order valence-electron chi connectivity index (χ3n) is 3.84. The second-order valence-electron chi connectivity index (χ2n) is 4.62. The molecule has 2 nitrogen and oxygen atoms in total. The maximum Gasteiger partial charge on any atom is 0.164 e. The van der Waals surface area contributed by atoms with Crippen molar-refractivity contribution in [1.82, 2.24) is 5.32 Å². The van der Waals surface area contributed by atoms with Gasteiger partial charge in [0.05, 0.1) is 0 Å². The molecule has 0 aromatic carbocycles. The molecule has 0 unspecified atom stereocenters. The molecule has 1 aromatic heterocycles. The minimum atomic E-state index is 0.336. The van der Waals surface area contributed by atoms with Gasteiger partial charge in [0.15, 0.2) is 5.78 Å². The summed E-state index contributed by atoms with van der Waals surface area (Å²) in [6.45, 7) is 2.21. The Kier molecular flexibility index (Phi) is 2.18. The number of rotatable bonds is 0. The molecule has 1 N–H and O–H groups in total. The Labute approximate surface area is 93.7 Å². The van der Waals surface area contributed by atoms with Gasteiger partial charge in [-0.15, -0.1) is 11.3 Å². The van der Waals surface area contributed by atoms with E-state index in [1.165, 1.54) is 17.7 Å². The lowest BCUT2D eigenvalue weighted by atomic mass is 9.69. The van der Waals surface area contributed by atoms with Crippen molar-refractivity contribution >= 4 is 17.1 Å². The molecule has 80 valence electrons. The van der Waals surface area contributed by atoms with E-state index in [1.54, 1.807) is 11.3 Å². The molecule has 1 aliphatic carbocycles. The number of nitrogens with one attached hydrogen (secondary N) is 1. The topological polar surface area (TPSA) is 29.1 Å². The fraction of sp³-hybridized carbons (Fsp3) is 0.583. The summed E-state index contributed by atoms with van der Waals surface area (Å²) in [5, 5.41) is 5.49. The van der Waals surface area contributed by atoms with E-state index < -0.39 is 0 Å². The molecule has 0 radical (unpaired) electrons. The number of piperidine rings is 1. The van der Waals surface area contributed by atoms with Crippen LogP contribution in [0.1, 0.15) is 40.9 Å². The van der Waals surface area contributed by atoms with Crippen LogP contribution in [-0.2, 0) is 5.41 Å². The zero-order valence-electron chi connectivity index (χ0n) is 8.71. The first-order chi connectivity index (χ1) is 7.32. The lowest BCUT2D eigenvalue weighted by Crippen LogP contribution is -2.42. The third-order valence-corrected chi connectivity index (χ3v) is 5.00. The molecule has 0 atom stereocenters. The number of hydrogen-bond acceptors (Lipinski definition) is 3. The highest BCUT2D eigenvalue weighted by Crippen LogP contribution is 2.45. The van der Waals surface area contributed by atoms with Gasteiger partial charge in [0.25, 0.3) is 0 Å². The molecule has 1 aliphatic heterocycles. The van der Waals surface area contributed by atoms with Crippen molar-refractivity contribution < 1.29 is 4.79 Å². The van der Waals surface area contributed by atoms with Crippen LogP contribution in [0, 0.1) is 0 Å². The van der Waals surface area contributed by atoms with E-state index in [9.17, 15) is 4.79 Å². The van der Waals surface area contributed by atoms with E-state index in [4.69, 9.17) is 0 Å². The van der Waals surface area contributed by atoms with Crippen LogP contribution in [-0.4, -0.2) is 18.9 Å². The van der Waals surface area contributed by atoms with Crippen LogP contribution in [0.3, 0.4) is 0 Å². The first-order valence-corrected chi connectivity index (χ1v) is 6.52. The first kappa shape index (κ1) is 9.55. The number of ketones is 1. The monoisotopic (exact) mass is 221 g/mol. The number of thiophene rings is 1. The summed E-state index contributed by atoms with van der Waals surface area (Å²) in [5.41, 5.74) is 1.36. The highest BCUT2D eigenvalue weighted by Gasteiger charge is 2.40. The SMILES string of the molecule is O=C1CCC2(CCNCC2)c2sccc21. The summed E-state index contributed by atoms with van der Waals surface area (Å²) < 4.78 is 0. The number of fused-ring (bicyclic) bond motifs is 2. The van der Waals surface area contributed by atoms with Crippen LogP contribution in [0.2, 0.25) is 0 Å². The lowest BCUT2D eigenvalue weighted by Gasteiger charge is -2.40. The normalized spacial score (nSPS) is 24.1. The number of Topliss-reactive ketones (excluding diaryl/α,β-unsaturated/α-hetero) is 1. The molecule has 1 spiro atoms. The van der Waals surface area contributed by atoms with Gasteiger partial charge in [-0.2, -0.15) is 0 Å². The van der Waals surface area contributed by atoms with Crippen molar-refractivity contribution in [2.45, 2.75) is 31.1 Å². The minimum absolute atomic E-state index is 0.336. The largest absolute Gasteiger partial charge is 0.317 e. The highest BCUT2D eigenvalue weighted by molar-refractivity contribution is 7.10. The van der Waals surface area contributed by atoms with Gasteiger partial charge >= 0.3 is 0 Å². The van der Waals surface area contributed by atoms with Crippen LogP contribution in [0.5, 0.6) is 0 Å². The molecule has 3 heteroatoms. The molecule has 0 saturated carbocycles. The Bertz CT molecular complexity index is 390. The average Bonchev–Trinajstić information content (AvgIpc) is 2.76. The fourth-order valence-corrected chi connectivity index (χ4v) is 4.13. The van der Waals surface area contributed by atoms with Crippen LogP contribution in [0.15, 0.2) is 11.4 Å². The van der Waals surface area contributed by atoms with Crippen molar-refractivity contribution in [2.24, 2.45) is 0 Å². The maximum atomic E-state index is 11.8. The van der Waals surface area contributed by atoms with E-state index in [2.05, 4.69) is 10.7 Å². The molecule has 1 saturated heterocycles. The molecule has 1 aromatic rings. The van der Waals surface area contributed by atoms with Crippen LogP contribution >= 0.6 is 11.3 Å². The van der Waals surface area contributed by atoms with Gasteiger partial charge in [-0.1, -0.05) is 0 Å². The summed E-state index contributed by atoms with van der Waals surface area (Å²) in [6, 6.07) is 2.02. The summed E-state index contributed by atoms with van der Waals surface area (Å²) in [4.78, 5) is 13.1. The summed E-state index contributed by atoms with van der Waals surface area (Å²) in [7, 11) is 0. The molecule has 3 rings (SSSR count). The molecule has 1 fully saturated rings. The first-order valence-electron chi connectivity index (χ1n) is 5.64. The van der Waals surface area contributed by atoms with Gasteiger partial charge in [0, 0.05) is 22.3 Å². The molecular weight excluding hydrogens is 206 g/mol. The maximum absolute atomic E-state index is 11.8. The molecule has 0 amide bonds. The van der Waals surface area contributed by atoms with Gasteiger partial charge in [-0.3, -0.25) is 4.79 Å². The molecular formula is C12H15NOS. The summed E-state index contributed by atoms with van der Waals surface area (Å²) in [5.74, 6) is 0.357. The zero-order chi connectivity index (χ0) is 10.3. The van der Waals surface area contributed by atoms with Crippen LogP contribution < -0.4 is 5.32 Å². The van der Waals surface area contributed by atoms with E-state index in [0.29, 0.717) is 11.2 Å². The lowest BCUT2D eigenvalue weighted by molar-refractivity contribution is 0.0944. The highest BCUT2D eigenvalue weighted by atomic mass is 32.1. The van der Waals surface area contributed by atoms with Gasteiger partial charge in [-0.25, -0.2) is 0 Å². The third kappa shape index (κ3) is 1.37. The predicted octanol–water partition coefficient (Wildman–Crippen LogP) is 2.35. The fourth-order valence-electron chi connectivity index (χ4n) is 2.92. The van der Waals surface area contributed by atoms with Crippen LogP contribution in [0.4, 0.5) is 0 Å². The quantitative estimate of drug-likeness (QED) is 0.728. The Hall–Kier alpha value is -0.670. The van der Waals surface area contributed by atoms with Gasteiger partial charge in [-0.05, 0) is 43.8 Å². The van der Waals surface area contributed by atoms with Crippen molar-refractivity contribution in [2.75, 3.05) is 13.1 Å². The van der Waals surface area contributed by atoms with E-state index >= 15 is 0 Å². The molecule has 0 bridgehead atoms. The second kappa shape index (κ2) is 3.42. The van der Waals surface area contributed by atoms with Crippen molar-refractivity contribution in [3.63, 3.8) is 0 Å². The standard InChI is InChI=1S/C12H15NOS/c14-10-1-3-12(4-6-13-7-5-12)11-9(10)2-8-15-11/h2,8,13H,1,3-7H2. The minimum Gasteiger partial charge on any atom is -0.317 e. The number of carbonyl (C=O) groups excluding carboxylic acids is 1. The number of carbonyl (C=O) groups is 1. The Balaban J connectivity index is 2.06. The average molecular weight is 221 g/mol. The van der Waals surface area contributed by atoms with E-state index in [1.807, 2.05) is 6.07 Å². The van der Waals surface area contributed by atoms with Crippen molar-refractivity contribution in [1.29, 1.82) is 0 Å². The van der Waals surface area contributed by atoms with Crippen molar-refractivity contribution in [3.05, 3.63) is 21.9 Å². The molecule has 2 aliphatic rings. The predicted molar refractivity (Wildman–Crippen MR) is 61.7 cm³/mol. The Morgan fingerprint density at radius 3 is 2.87 bits per heavy atom. The van der Waals surface area contributed by atoms with Crippen molar-refractivity contribution in [3.8, 4) is 0 Å². The Morgan fingerprint density at radius 2 is 2.07 bits per heavy atom. The van der Waals surface area contributed by atoms with E-state index in [-0.39, 0.29) is 0 Å². The summed E-state index contributed by atoms with van der Waals surface area (Å²) in [6.07, 6.45) is 4.23. The van der Waals surface area contributed by atoms with Crippen LogP contribution in [0.25, 0.3) is 0 Å². The number of hydrogen-bond donors (Lipinski definition) is 1. The molecule has 2 heterocycles. The van der Waals surface area contributed by atoms with E-state index in [0.717, 1.165) is 31.5 Å².